The Kier molecular flexibility index (Phi) is 7.62. The number of carbonyl (C=O) groups is 2. The maximum atomic E-state index is 12.9. The van der Waals surface area contributed by atoms with E-state index in [1.807, 2.05) is 0 Å². The second kappa shape index (κ2) is 10.3. The van der Waals surface area contributed by atoms with Crippen LogP contribution >= 0.6 is 11.6 Å². The summed E-state index contributed by atoms with van der Waals surface area (Å²) in [5, 5.41) is 19.3. The highest BCUT2D eigenvalue weighted by Gasteiger charge is 2.32. The van der Waals surface area contributed by atoms with Crippen LogP contribution in [0.15, 0.2) is 36.4 Å². The molecule has 0 aliphatic carbocycles. The molecule has 0 spiro atoms. The van der Waals surface area contributed by atoms with Crippen molar-refractivity contribution in [3.8, 4) is 0 Å². The lowest BCUT2D eigenvalue weighted by Crippen LogP contribution is -2.42. The Morgan fingerprint density at radius 2 is 1.97 bits per heavy atom. The van der Waals surface area contributed by atoms with Gasteiger partial charge in [0.2, 0.25) is 5.91 Å². The Morgan fingerprint density at radius 1 is 1.24 bits per heavy atom. The number of amides is 2. The Labute approximate surface area is 197 Å². The summed E-state index contributed by atoms with van der Waals surface area (Å²) in [6.45, 7) is -0.000321. The lowest BCUT2D eigenvalue weighted by Gasteiger charge is -2.14. The van der Waals surface area contributed by atoms with Gasteiger partial charge in [-0.05, 0) is 42.7 Å². The van der Waals surface area contributed by atoms with Gasteiger partial charge in [0.1, 0.15) is 5.02 Å². The number of anilines is 1. The molecule has 0 radical (unpaired) electrons. The highest BCUT2D eigenvalue weighted by Crippen LogP contribution is 2.31. The summed E-state index contributed by atoms with van der Waals surface area (Å²) in [7, 11) is 0. The average Bonchev–Trinajstić information content (AvgIpc) is 3.19. The molecule has 34 heavy (non-hydrogen) atoms. The van der Waals surface area contributed by atoms with Crippen LogP contribution in [0.5, 0.6) is 0 Å². The van der Waals surface area contributed by atoms with Crippen LogP contribution < -0.4 is 21.7 Å². The van der Waals surface area contributed by atoms with Crippen LogP contribution in [0.25, 0.3) is 0 Å². The van der Waals surface area contributed by atoms with E-state index in [9.17, 15) is 32.9 Å². The standard InChI is InChI=1S/C21H21ClF3N5O4/c22-16-3-1-11(6-18(16)30(33)34)5-13-8-14(9-27-13)29-19(31)10-28-20(32)15-7-12(21(23,24)25)2-4-17(15)26/h1-4,6-7,13-14,27H,5,8-10,26H2,(H,28,32)(H,29,31). The van der Waals surface area contributed by atoms with Crippen molar-refractivity contribution in [2.75, 3.05) is 18.8 Å². The van der Waals surface area contributed by atoms with E-state index in [1.165, 1.54) is 12.1 Å². The minimum absolute atomic E-state index is 0.0483. The number of nitro benzene ring substituents is 1. The van der Waals surface area contributed by atoms with Crippen LogP contribution in [-0.2, 0) is 17.4 Å². The molecule has 2 amide bonds. The molecule has 1 fully saturated rings. The normalized spacial score (nSPS) is 17.9. The second-order valence-electron chi connectivity index (χ2n) is 7.83. The molecule has 13 heteroatoms. The molecule has 0 saturated carbocycles. The molecule has 2 aromatic carbocycles. The number of nitro groups is 1. The molecule has 2 atom stereocenters. The summed E-state index contributed by atoms with van der Waals surface area (Å²) in [5.74, 6) is -1.42. The van der Waals surface area contributed by atoms with Crippen molar-refractivity contribution in [2.24, 2.45) is 0 Å². The van der Waals surface area contributed by atoms with Gasteiger partial charge in [-0.2, -0.15) is 13.2 Å². The summed E-state index contributed by atoms with van der Waals surface area (Å²) in [5.41, 5.74) is 4.60. The second-order valence-corrected chi connectivity index (χ2v) is 8.24. The number of hydrogen-bond acceptors (Lipinski definition) is 6. The molecule has 2 unspecified atom stereocenters. The Balaban J connectivity index is 1.50. The fourth-order valence-electron chi connectivity index (χ4n) is 3.66. The van der Waals surface area contributed by atoms with E-state index in [2.05, 4.69) is 16.0 Å². The summed E-state index contributed by atoms with van der Waals surface area (Å²) < 4.78 is 38.6. The number of rotatable bonds is 7. The molecular weight excluding hydrogens is 479 g/mol. The van der Waals surface area contributed by atoms with Crippen LogP contribution in [0.1, 0.15) is 27.9 Å². The van der Waals surface area contributed by atoms with Crippen LogP contribution in [-0.4, -0.2) is 41.9 Å². The van der Waals surface area contributed by atoms with Gasteiger partial charge in [-0.25, -0.2) is 0 Å². The third kappa shape index (κ3) is 6.35. The molecule has 182 valence electrons. The first-order valence-corrected chi connectivity index (χ1v) is 10.5. The predicted octanol–water partition coefficient (Wildman–Crippen LogP) is 2.67. The molecule has 1 aliphatic heterocycles. The molecular formula is C21H21ClF3N5O4. The highest BCUT2D eigenvalue weighted by molar-refractivity contribution is 6.32. The van der Waals surface area contributed by atoms with E-state index in [0.29, 0.717) is 31.0 Å². The Hall–Kier alpha value is -3.38. The lowest BCUT2D eigenvalue weighted by atomic mass is 10.0. The molecule has 3 rings (SSSR count). The molecule has 2 aromatic rings. The lowest BCUT2D eigenvalue weighted by molar-refractivity contribution is -0.384. The van der Waals surface area contributed by atoms with Crippen LogP contribution in [0.4, 0.5) is 24.5 Å². The maximum absolute atomic E-state index is 12.9. The number of nitrogens with two attached hydrogens (primary N) is 1. The molecule has 5 N–H and O–H groups in total. The van der Waals surface area contributed by atoms with E-state index in [-0.39, 0.29) is 34.0 Å². The van der Waals surface area contributed by atoms with Gasteiger partial charge in [0.15, 0.2) is 0 Å². The number of nitrogens with one attached hydrogen (secondary N) is 3. The number of carbonyl (C=O) groups excluding carboxylic acids is 2. The van der Waals surface area contributed by atoms with E-state index in [4.69, 9.17) is 17.3 Å². The van der Waals surface area contributed by atoms with E-state index >= 15 is 0 Å². The van der Waals surface area contributed by atoms with Gasteiger partial charge >= 0.3 is 6.18 Å². The number of benzene rings is 2. The Bertz CT molecular complexity index is 1110. The van der Waals surface area contributed by atoms with Gasteiger partial charge < -0.3 is 21.7 Å². The van der Waals surface area contributed by atoms with Crippen molar-refractivity contribution in [1.29, 1.82) is 0 Å². The smallest absolute Gasteiger partial charge is 0.398 e. The van der Waals surface area contributed by atoms with Crippen LogP contribution in [0, 0.1) is 10.1 Å². The van der Waals surface area contributed by atoms with E-state index < -0.39 is 35.0 Å². The molecule has 1 heterocycles. The maximum Gasteiger partial charge on any atom is 0.416 e. The van der Waals surface area contributed by atoms with E-state index in [1.54, 1.807) is 6.07 Å². The van der Waals surface area contributed by atoms with Gasteiger partial charge in [0.05, 0.1) is 22.6 Å². The zero-order valence-electron chi connectivity index (χ0n) is 17.6. The summed E-state index contributed by atoms with van der Waals surface area (Å²) >= 11 is 5.82. The molecule has 0 bridgehead atoms. The van der Waals surface area contributed by atoms with Crippen LogP contribution in [0.2, 0.25) is 5.02 Å². The number of halogens is 4. The largest absolute Gasteiger partial charge is 0.416 e. The van der Waals surface area contributed by atoms with E-state index in [0.717, 1.165) is 12.1 Å². The van der Waals surface area contributed by atoms with Crippen molar-refractivity contribution in [3.05, 3.63) is 68.2 Å². The van der Waals surface area contributed by atoms with Gasteiger partial charge in [-0.15, -0.1) is 0 Å². The zero-order chi connectivity index (χ0) is 25.0. The molecule has 0 aromatic heterocycles. The van der Waals surface area contributed by atoms with Gasteiger partial charge in [-0.1, -0.05) is 17.7 Å². The average molecular weight is 500 g/mol. The summed E-state index contributed by atoms with van der Waals surface area (Å²) in [6.07, 6.45) is -3.62. The third-order valence-corrected chi connectivity index (χ3v) is 5.63. The van der Waals surface area contributed by atoms with Gasteiger partial charge in [0, 0.05) is 30.4 Å². The van der Waals surface area contributed by atoms with Gasteiger partial charge in [0.25, 0.3) is 11.6 Å². The SMILES string of the molecule is Nc1ccc(C(F)(F)F)cc1C(=O)NCC(=O)NC1CNC(Cc2ccc(Cl)c([N+](=O)[O-])c2)C1. The number of alkyl halides is 3. The van der Waals surface area contributed by atoms with Crippen molar-refractivity contribution < 1.29 is 27.7 Å². The molecule has 1 aliphatic rings. The first kappa shape index (κ1) is 25.2. The molecule has 9 nitrogen and oxygen atoms in total. The Morgan fingerprint density at radius 3 is 2.65 bits per heavy atom. The van der Waals surface area contributed by atoms with Crippen molar-refractivity contribution >= 4 is 34.8 Å². The van der Waals surface area contributed by atoms with Crippen molar-refractivity contribution in [3.63, 3.8) is 0 Å². The predicted molar refractivity (Wildman–Crippen MR) is 118 cm³/mol. The first-order valence-electron chi connectivity index (χ1n) is 10.1. The third-order valence-electron chi connectivity index (χ3n) is 5.31. The van der Waals surface area contributed by atoms with Gasteiger partial charge in [-0.3, -0.25) is 19.7 Å². The number of hydrogen-bond donors (Lipinski definition) is 4. The highest BCUT2D eigenvalue weighted by atomic mass is 35.5. The van der Waals surface area contributed by atoms with Crippen LogP contribution in [0.3, 0.4) is 0 Å². The summed E-state index contributed by atoms with van der Waals surface area (Å²) in [4.78, 5) is 34.9. The topological polar surface area (TPSA) is 139 Å². The molecule has 1 saturated heterocycles. The number of nitrogen functional groups attached to an aromatic ring is 1. The monoisotopic (exact) mass is 499 g/mol. The quantitative estimate of drug-likeness (QED) is 0.262. The number of nitrogens with zero attached hydrogens (tertiary/aromatic N) is 1. The van der Waals surface area contributed by atoms with Crippen molar-refractivity contribution in [1.82, 2.24) is 16.0 Å². The minimum atomic E-state index is -4.64. The fourth-order valence-corrected chi connectivity index (χ4v) is 3.84. The minimum Gasteiger partial charge on any atom is -0.398 e. The van der Waals surface area contributed by atoms with Crippen molar-refractivity contribution in [2.45, 2.75) is 31.1 Å². The first-order chi connectivity index (χ1) is 15.9. The fraction of sp³-hybridized carbons (Fsp3) is 0.333. The summed E-state index contributed by atoms with van der Waals surface area (Å²) in [6, 6.07) is 6.64. The zero-order valence-corrected chi connectivity index (χ0v) is 18.4.